The highest BCUT2D eigenvalue weighted by Gasteiger charge is 2.20. The number of carbonyl (C=O) groups excluding carboxylic acids is 1. The number of hydrogen-bond donors (Lipinski definition) is 2. The van der Waals surface area contributed by atoms with Crippen LogP contribution in [0.5, 0.6) is 0 Å². The van der Waals surface area contributed by atoms with Gasteiger partial charge in [0.2, 0.25) is 5.91 Å². The minimum Gasteiger partial charge on any atom is -0.363 e. The minimum absolute atomic E-state index is 0.0125. The Labute approximate surface area is 159 Å². The topological polar surface area (TPSA) is 60.0 Å². The van der Waals surface area contributed by atoms with Crippen LogP contribution in [0.25, 0.3) is 0 Å². The number of anilines is 1. The third kappa shape index (κ3) is 6.78. The van der Waals surface area contributed by atoms with Gasteiger partial charge in [-0.25, -0.2) is 4.99 Å². The fourth-order valence-electron chi connectivity index (χ4n) is 2.60. The maximum atomic E-state index is 11.8. The van der Waals surface area contributed by atoms with Crippen LogP contribution in [0, 0.1) is 0 Å². The van der Waals surface area contributed by atoms with Gasteiger partial charge in [0.05, 0.1) is 5.00 Å². The zero-order valence-corrected chi connectivity index (χ0v) is 17.0. The molecule has 0 saturated carbocycles. The second-order valence-corrected chi connectivity index (χ2v) is 8.14. The molecular weight excluding hydrogens is 354 g/mol. The van der Waals surface area contributed by atoms with Crippen molar-refractivity contribution >= 4 is 40.0 Å². The van der Waals surface area contributed by atoms with Crippen molar-refractivity contribution in [1.82, 2.24) is 15.5 Å². The third-order valence-electron chi connectivity index (χ3n) is 4.12. The van der Waals surface area contributed by atoms with Gasteiger partial charge in [0.15, 0.2) is 5.96 Å². The number of hydrogen-bond acceptors (Lipinski definition) is 5. The molecule has 0 aromatic carbocycles. The number of aliphatic imine (C=N–C) groups is 1. The molecule has 2 rings (SSSR count). The number of piperidine rings is 1. The molecule has 1 fully saturated rings. The fourth-order valence-corrected chi connectivity index (χ4v) is 3.69. The fraction of sp³-hybridized carbons (Fsp3) is 0.647. The summed E-state index contributed by atoms with van der Waals surface area (Å²) in [6, 6.07) is 4.68. The van der Waals surface area contributed by atoms with E-state index in [1.807, 2.05) is 0 Å². The van der Waals surface area contributed by atoms with Gasteiger partial charge in [-0.2, -0.15) is 11.8 Å². The molecule has 0 bridgehead atoms. The Balaban J connectivity index is 1.85. The van der Waals surface area contributed by atoms with E-state index >= 15 is 0 Å². The van der Waals surface area contributed by atoms with E-state index in [-0.39, 0.29) is 12.5 Å². The molecule has 1 saturated heterocycles. The maximum absolute atomic E-state index is 11.8. The summed E-state index contributed by atoms with van der Waals surface area (Å²) in [6.45, 7) is 3.12. The molecule has 1 aliphatic rings. The lowest BCUT2D eigenvalue weighted by atomic mass is 10.1. The minimum atomic E-state index is 0.0125. The van der Waals surface area contributed by atoms with Crippen LogP contribution in [-0.2, 0) is 4.79 Å². The molecule has 1 aromatic heterocycles. The Kier molecular flexibility index (Phi) is 8.40. The standard InChI is InChI=1S/C17H29N5OS2/c1-21(2)15(23)13-19-17(18-8-12-24-3)20-14-6-9-22(10-7-14)16-5-4-11-25-16/h4-5,11,14H,6-10,12-13H2,1-3H3,(H2,18,19,20). The van der Waals surface area contributed by atoms with Gasteiger partial charge < -0.3 is 20.4 Å². The third-order valence-corrected chi connectivity index (χ3v) is 5.66. The van der Waals surface area contributed by atoms with Crippen LogP contribution in [0.2, 0.25) is 0 Å². The average molecular weight is 384 g/mol. The molecule has 0 atom stereocenters. The highest BCUT2D eigenvalue weighted by Crippen LogP contribution is 2.24. The first-order valence-electron chi connectivity index (χ1n) is 8.62. The largest absolute Gasteiger partial charge is 0.363 e. The summed E-state index contributed by atoms with van der Waals surface area (Å²) in [4.78, 5) is 20.3. The van der Waals surface area contributed by atoms with E-state index in [4.69, 9.17) is 0 Å². The maximum Gasteiger partial charge on any atom is 0.243 e. The van der Waals surface area contributed by atoms with Crippen molar-refractivity contribution in [2.45, 2.75) is 18.9 Å². The van der Waals surface area contributed by atoms with E-state index in [9.17, 15) is 4.79 Å². The van der Waals surface area contributed by atoms with Gasteiger partial charge in [-0.05, 0) is 36.6 Å². The molecular formula is C17H29N5OS2. The summed E-state index contributed by atoms with van der Waals surface area (Å²) < 4.78 is 0. The van der Waals surface area contributed by atoms with Crippen LogP contribution in [0.15, 0.2) is 22.5 Å². The molecule has 0 unspecified atom stereocenters. The van der Waals surface area contributed by atoms with Gasteiger partial charge in [-0.3, -0.25) is 4.79 Å². The summed E-state index contributed by atoms with van der Waals surface area (Å²) in [5.41, 5.74) is 0. The highest BCUT2D eigenvalue weighted by molar-refractivity contribution is 7.98. The predicted molar refractivity (Wildman–Crippen MR) is 110 cm³/mol. The van der Waals surface area contributed by atoms with Crippen molar-refractivity contribution in [3.63, 3.8) is 0 Å². The molecule has 1 aliphatic heterocycles. The lowest BCUT2D eigenvalue weighted by Gasteiger charge is -2.33. The Bertz CT molecular complexity index is 539. The normalized spacial score (nSPS) is 16.0. The summed E-state index contributed by atoms with van der Waals surface area (Å²) in [5, 5.41) is 10.3. The number of likely N-dealkylation sites (N-methyl/N-ethyl adjacent to an activating group) is 1. The summed E-state index contributed by atoms with van der Waals surface area (Å²) in [6.07, 6.45) is 4.23. The number of nitrogens with zero attached hydrogens (tertiary/aromatic N) is 3. The van der Waals surface area contributed by atoms with Crippen molar-refractivity contribution in [3.8, 4) is 0 Å². The quantitative estimate of drug-likeness (QED) is 0.426. The second kappa shape index (κ2) is 10.6. The average Bonchev–Trinajstić information content (AvgIpc) is 3.14. The molecule has 1 aromatic rings. The first-order valence-corrected chi connectivity index (χ1v) is 10.9. The van der Waals surface area contributed by atoms with Crippen LogP contribution in [0.1, 0.15) is 12.8 Å². The molecule has 140 valence electrons. The molecule has 2 heterocycles. The number of amides is 1. The molecule has 8 heteroatoms. The molecule has 1 amide bonds. The molecule has 6 nitrogen and oxygen atoms in total. The van der Waals surface area contributed by atoms with Crippen LogP contribution in [0.4, 0.5) is 5.00 Å². The zero-order chi connectivity index (χ0) is 18.1. The van der Waals surface area contributed by atoms with E-state index in [1.165, 1.54) is 5.00 Å². The molecule has 0 spiro atoms. The summed E-state index contributed by atoms with van der Waals surface area (Å²) in [5.74, 6) is 1.77. The lowest BCUT2D eigenvalue weighted by molar-refractivity contribution is -0.127. The van der Waals surface area contributed by atoms with E-state index in [0.29, 0.717) is 6.04 Å². The van der Waals surface area contributed by atoms with Crippen LogP contribution in [0.3, 0.4) is 0 Å². The van der Waals surface area contributed by atoms with Gasteiger partial charge in [-0.15, -0.1) is 11.3 Å². The van der Waals surface area contributed by atoms with Crippen molar-refractivity contribution in [3.05, 3.63) is 17.5 Å². The number of thiophene rings is 1. The Morgan fingerprint density at radius 3 is 2.80 bits per heavy atom. The Hall–Kier alpha value is -1.41. The van der Waals surface area contributed by atoms with Gasteiger partial charge in [-0.1, -0.05) is 0 Å². The van der Waals surface area contributed by atoms with E-state index < -0.39 is 0 Å². The number of thioether (sulfide) groups is 1. The first kappa shape index (κ1) is 19.9. The Morgan fingerprint density at radius 1 is 1.44 bits per heavy atom. The molecule has 0 radical (unpaired) electrons. The van der Waals surface area contributed by atoms with Crippen LogP contribution < -0.4 is 15.5 Å². The number of carbonyl (C=O) groups is 1. The van der Waals surface area contributed by atoms with Gasteiger partial charge >= 0.3 is 0 Å². The van der Waals surface area contributed by atoms with Crippen LogP contribution in [-0.4, -0.2) is 75.1 Å². The first-order chi connectivity index (χ1) is 12.1. The zero-order valence-electron chi connectivity index (χ0n) is 15.3. The van der Waals surface area contributed by atoms with Crippen molar-refractivity contribution in [2.75, 3.05) is 57.2 Å². The number of rotatable bonds is 7. The van der Waals surface area contributed by atoms with Gasteiger partial charge in [0.1, 0.15) is 6.54 Å². The van der Waals surface area contributed by atoms with Crippen molar-refractivity contribution < 1.29 is 4.79 Å². The summed E-state index contributed by atoms with van der Waals surface area (Å²) >= 11 is 3.59. The van der Waals surface area contributed by atoms with Crippen LogP contribution >= 0.6 is 23.1 Å². The smallest absolute Gasteiger partial charge is 0.243 e. The molecule has 2 N–H and O–H groups in total. The van der Waals surface area contributed by atoms with Crippen molar-refractivity contribution in [2.24, 2.45) is 4.99 Å². The number of guanidine groups is 1. The predicted octanol–water partition coefficient (Wildman–Crippen LogP) is 1.70. The summed E-state index contributed by atoms with van der Waals surface area (Å²) in [7, 11) is 3.51. The molecule has 25 heavy (non-hydrogen) atoms. The van der Waals surface area contributed by atoms with E-state index in [1.54, 1.807) is 42.1 Å². The van der Waals surface area contributed by atoms with Crippen molar-refractivity contribution in [1.29, 1.82) is 0 Å². The SMILES string of the molecule is CSCCNC(=NCC(=O)N(C)C)NC1CCN(c2cccs2)CC1. The highest BCUT2D eigenvalue weighted by atomic mass is 32.2. The van der Waals surface area contributed by atoms with Gasteiger partial charge in [0.25, 0.3) is 0 Å². The number of nitrogens with one attached hydrogen (secondary N) is 2. The second-order valence-electron chi connectivity index (χ2n) is 6.23. The van der Waals surface area contributed by atoms with E-state index in [0.717, 1.165) is 44.2 Å². The van der Waals surface area contributed by atoms with Gasteiger partial charge in [0, 0.05) is 45.5 Å². The monoisotopic (exact) mass is 383 g/mol. The Morgan fingerprint density at radius 2 is 2.20 bits per heavy atom. The van der Waals surface area contributed by atoms with E-state index in [2.05, 4.69) is 44.3 Å². The lowest BCUT2D eigenvalue weighted by Crippen LogP contribution is -2.49. The molecule has 0 aliphatic carbocycles.